The standard InChI is InChI=1S/C19H24N2O3S/c1-5-16-9-11-17(12-10-16)20-19(22)15(3)21(25(4,23)24)18-8-6-7-14(2)13-18/h6-13,15H,5H2,1-4H3,(H,20,22)/t15-/m1/s1. The molecule has 5 nitrogen and oxygen atoms in total. The summed E-state index contributed by atoms with van der Waals surface area (Å²) in [4.78, 5) is 12.6. The van der Waals surface area contributed by atoms with E-state index < -0.39 is 16.1 Å². The summed E-state index contributed by atoms with van der Waals surface area (Å²) >= 11 is 0. The SMILES string of the molecule is CCc1ccc(NC(=O)[C@@H](C)N(c2cccc(C)c2)S(C)(=O)=O)cc1. The zero-order valence-corrected chi connectivity index (χ0v) is 15.8. The summed E-state index contributed by atoms with van der Waals surface area (Å²) in [5.41, 5.74) is 3.22. The van der Waals surface area contributed by atoms with Crippen molar-refractivity contribution in [1.82, 2.24) is 0 Å². The molecule has 134 valence electrons. The summed E-state index contributed by atoms with van der Waals surface area (Å²) in [6.45, 7) is 5.52. The van der Waals surface area contributed by atoms with Gasteiger partial charge >= 0.3 is 0 Å². The van der Waals surface area contributed by atoms with Crippen molar-refractivity contribution in [2.75, 3.05) is 15.9 Å². The lowest BCUT2D eigenvalue weighted by Gasteiger charge is -2.28. The average molecular weight is 360 g/mol. The Morgan fingerprint density at radius 3 is 2.32 bits per heavy atom. The number of anilines is 2. The maximum Gasteiger partial charge on any atom is 0.247 e. The molecule has 0 bridgehead atoms. The van der Waals surface area contributed by atoms with Gasteiger partial charge in [-0.1, -0.05) is 31.2 Å². The van der Waals surface area contributed by atoms with Crippen molar-refractivity contribution in [2.45, 2.75) is 33.2 Å². The van der Waals surface area contributed by atoms with Crippen LogP contribution in [0.5, 0.6) is 0 Å². The molecule has 1 amide bonds. The molecule has 2 aromatic rings. The zero-order chi connectivity index (χ0) is 18.6. The molecule has 0 aliphatic heterocycles. The van der Waals surface area contributed by atoms with E-state index in [0.29, 0.717) is 11.4 Å². The van der Waals surface area contributed by atoms with Crippen molar-refractivity contribution in [3.63, 3.8) is 0 Å². The molecule has 0 spiro atoms. The van der Waals surface area contributed by atoms with E-state index in [2.05, 4.69) is 12.2 Å². The van der Waals surface area contributed by atoms with Gasteiger partial charge in [-0.3, -0.25) is 9.10 Å². The number of carbonyl (C=O) groups is 1. The highest BCUT2D eigenvalue weighted by Crippen LogP contribution is 2.22. The van der Waals surface area contributed by atoms with Gasteiger partial charge in [0.2, 0.25) is 15.9 Å². The van der Waals surface area contributed by atoms with E-state index in [-0.39, 0.29) is 5.91 Å². The average Bonchev–Trinajstić information content (AvgIpc) is 2.54. The Hall–Kier alpha value is -2.34. The molecule has 6 heteroatoms. The maximum absolute atomic E-state index is 12.6. The van der Waals surface area contributed by atoms with E-state index in [4.69, 9.17) is 0 Å². The van der Waals surface area contributed by atoms with E-state index in [1.165, 1.54) is 5.56 Å². The quantitative estimate of drug-likeness (QED) is 0.859. The summed E-state index contributed by atoms with van der Waals surface area (Å²) in [5, 5.41) is 2.78. The monoisotopic (exact) mass is 360 g/mol. The molecule has 0 aliphatic carbocycles. The molecule has 0 saturated heterocycles. The van der Waals surface area contributed by atoms with Gasteiger partial charge in [-0.15, -0.1) is 0 Å². The number of hydrogen-bond donors (Lipinski definition) is 1. The van der Waals surface area contributed by atoms with Crippen LogP contribution in [0.3, 0.4) is 0 Å². The summed E-state index contributed by atoms with van der Waals surface area (Å²) in [6.07, 6.45) is 2.02. The van der Waals surface area contributed by atoms with E-state index in [9.17, 15) is 13.2 Å². The number of nitrogens with one attached hydrogen (secondary N) is 1. The second-order valence-electron chi connectivity index (χ2n) is 6.11. The van der Waals surface area contributed by atoms with Crippen molar-refractivity contribution in [1.29, 1.82) is 0 Å². The number of sulfonamides is 1. The fourth-order valence-electron chi connectivity index (χ4n) is 2.64. The fourth-order valence-corrected chi connectivity index (χ4v) is 3.81. The van der Waals surface area contributed by atoms with Crippen LogP contribution in [0.25, 0.3) is 0 Å². The lowest BCUT2D eigenvalue weighted by atomic mass is 10.1. The Labute approximate surface area is 149 Å². The second kappa shape index (κ2) is 7.70. The van der Waals surface area contributed by atoms with Crippen LogP contribution < -0.4 is 9.62 Å². The van der Waals surface area contributed by atoms with Gasteiger partial charge in [-0.25, -0.2) is 8.42 Å². The largest absolute Gasteiger partial charge is 0.324 e. The highest BCUT2D eigenvalue weighted by Gasteiger charge is 2.29. The molecule has 0 aliphatic rings. The lowest BCUT2D eigenvalue weighted by molar-refractivity contribution is -0.116. The van der Waals surface area contributed by atoms with Gasteiger partial charge in [-0.2, -0.15) is 0 Å². The molecule has 0 aromatic heterocycles. The first kappa shape index (κ1) is 19.0. The van der Waals surface area contributed by atoms with E-state index in [1.54, 1.807) is 25.1 Å². The van der Waals surface area contributed by atoms with Crippen molar-refractivity contribution >= 4 is 27.3 Å². The molecule has 1 N–H and O–H groups in total. The number of rotatable bonds is 6. The van der Waals surface area contributed by atoms with E-state index >= 15 is 0 Å². The summed E-state index contributed by atoms with van der Waals surface area (Å²) in [5.74, 6) is -0.379. The first-order valence-electron chi connectivity index (χ1n) is 8.18. The topological polar surface area (TPSA) is 66.5 Å². The molecule has 0 saturated carbocycles. The van der Waals surface area contributed by atoms with Crippen LogP contribution in [0.2, 0.25) is 0 Å². The van der Waals surface area contributed by atoms with Gasteiger partial charge in [0.05, 0.1) is 11.9 Å². The van der Waals surface area contributed by atoms with Crippen LogP contribution in [0.1, 0.15) is 25.0 Å². The molecule has 0 fully saturated rings. The van der Waals surface area contributed by atoms with Crippen LogP contribution in [0.4, 0.5) is 11.4 Å². The highest BCUT2D eigenvalue weighted by atomic mass is 32.2. The summed E-state index contributed by atoms with van der Waals surface area (Å²) in [7, 11) is -3.61. The van der Waals surface area contributed by atoms with Gasteiger partial charge in [-0.05, 0) is 55.7 Å². The van der Waals surface area contributed by atoms with Gasteiger partial charge in [0.15, 0.2) is 0 Å². The molecule has 2 aromatic carbocycles. The first-order chi connectivity index (χ1) is 11.7. The minimum Gasteiger partial charge on any atom is -0.324 e. The van der Waals surface area contributed by atoms with Crippen molar-refractivity contribution in [2.24, 2.45) is 0 Å². The van der Waals surface area contributed by atoms with Crippen LogP contribution in [0.15, 0.2) is 48.5 Å². The highest BCUT2D eigenvalue weighted by molar-refractivity contribution is 7.92. The molecule has 2 rings (SSSR count). The van der Waals surface area contributed by atoms with Gasteiger partial charge < -0.3 is 5.32 Å². The van der Waals surface area contributed by atoms with Crippen molar-refractivity contribution in [3.05, 3.63) is 59.7 Å². The second-order valence-corrected chi connectivity index (χ2v) is 7.97. The molecule has 0 unspecified atom stereocenters. The van der Waals surface area contributed by atoms with Gasteiger partial charge in [0.1, 0.15) is 6.04 Å². The number of amides is 1. The molecule has 1 atom stereocenters. The Kier molecular flexibility index (Phi) is 5.85. The molecule has 25 heavy (non-hydrogen) atoms. The summed E-state index contributed by atoms with van der Waals surface area (Å²) < 4.78 is 25.7. The number of aryl methyl sites for hydroxylation is 2. The Morgan fingerprint density at radius 2 is 1.80 bits per heavy atom. The first-order valence-corrected chi connectivity index (χ1v) is 10.0. The third-order valence-electron chi connectivity index (χ3n) is 3.97. The van der Waals surface area contributed by atoms with Gasteiger partial charge in [0, 0.05) is 5.69 Å². The third kappa shape index (κ3) is 4.82. The zero-order valence-electron chi connectivity index (χ0n) is 15.0. The fraction of sp³-hybridized carbons (Fsp3) is 0.316. The Morgan fingerprint density at radius 1 is 1.16 bits per heavy atom. The number of benzene rings is 2. The molecular formula is C19H24N2O3S. The molecule has 0 radical (unpaired) electrons. The van der Waals surface area contributed by atoms with Gasteiger partial charge in [0.25, 0.3) is 0 Å². The Balaban J connectivity index is 2.26. The predicted molar refractivity (Wildman–Crippen MR) is 102 cm³/mol. The number of nitrogens with zero attached hydrogens (tertiary/aromatic N) is 1. The van der Waals surface area contributed by atoms with E-state index in [1.807, 2.05) is 37.3 Å². The van der Waals surface area contributed by atoms with Crippen LogP contribution in [-0.4, -0.2) is 26.6 Å². The minimum atomic E-state index is -3.61. The maximum atomic E-state index is 12.6. The number of carbonyl (C=O) groups excluding carboxylic acids is 1. The Bertz CT molecular complexity index is 845. The van der Waals surface area contributed by atoms with Crippen LogP contribution in [0, 0.1) is 6.92 Å². The minimum absolute atomic E-state index is 0.379. The lowest BCUT2D eigenvalue weighted by Crippen LogP contribution is -2.45. The van der Waals surface area contributed by atoms with Crippen molar-refractivity contribution in [3.8, 4) is 0 Å². The number of hydrogen-bond acceptors (Lipinski definition) is 3. The van der Waals surface area contributed by atoms with Crippen LogP contribution in [-0.2, 0) is 21.2 Å². The van der Waals surface area contributed by atoms with Crippen LogP contribution >= 0.6 is 0 Å². The van der Waals surface area contributed by atoms with E-state index in [0.717, 1.165) is 22.5 Å². The smallest absolute Gasteiger partial charge is 0.247 e. The third-order valence-corrected chi connectivity index (χ3v) is 5.22. The predicted octanol–water partition coefficient (Wildman–Crippen LogP) is 3.35. The van der Waals surface area contributed by atoms with Crippen molar-refractivity contribution < 1.29 is 13.2 Å². The summed E-state index contributed by atoms with van der Waals surface area (Å²) in [6, 6.07) is 13.7. The molecular weight excluding hydrogens is 336 g/mol. The normalized spacial score (nSPS) is 12.5. The molecule has 0 heterocycles.